The summed E-state index contributed by atoms with van der Waals surface area (Å²) in [6.07, 6.45) is 2.73. The Morgan fingerprint density at radius 2 is 1.94 bits per heavy atom. The van der Waals surface area contributed by atoms with Gasteiger partial charge in [-0.15, -0.1) is 11.3 Å². The van der Waals surface area contributed by atoms with Gasteiger partial charge in [-0.1, -0.05) is 12.1 Å². The van der Waals surface area contributed by atoms with E-state index in [1.807, 2.05) is 48.1 Å². The van der Waals surface area contributed by atoms with Crippen LogP contribution in [0.4, 0.5) is 4.79 Å². The molecular formula is C24H26N4O4S. The maximum atomic E-state index is 13.1. The normalized spacial score (nSPS) is 18.0. The van der Waals surface area contributed by atoms with Gasteiger partial charge in [-0.3, -0.25) is 19.1 Å². The maximum absolute atomic E-state index is 13.1. The number of ether oxygens (including phenoxy) is 1. The molecule has 0 saturated carbocycles. The highest BCUT2D eigenvalue weighted by Crippen LogP contribution is 2.26. The van der Waals surface area contributed by atoms with E-state index < -0.39 is 11.6 Å². The van der Waals surface area contributed by atoms with Crippen molar-refractivity contribution >= 4 is 29.1 Å². The first-order valence-electron chi connectivity index (χ1n) is 10.6. The van der Waals surface area contributed by atoms with Crippen LogP contribution in [0, 0.1) is 13.8 Å². The zero-order chi connectivity index (χ0) is 23.8. The third kappa shape index (κ3) is 4.28. The number of ketones is 1. The highest BCUT2D eigenvalue weighted by atomic mass is 32.1. The molecule has 3 heterocycles. The second-order valence-electron chi connectivity index (χ2n) is 8.36. The number of nitrogens with one attached hydrogen (secondary N) is 1. The van der Waals surface area contributed by atoms with Gasteiger partial charge in [-0.05, 0) is 57.4 Å². The molecule has 0 bridgehead atoms. The lowest BCUT2D eigenvalue weighted by atomic mass is 9.93. The number of hydrogen-bond donors (Lipinski definition) is 1. The van der Waals surface area contributed by atoms with Crippen molar-refractivity contribution in [1.29, 1.82) is 0 Å². The van der Waals surface area contributed by atoms with Gasteiger partial charge in [-0.25, -0.2) is 9.78 Å². The highest BCUT2D eigenvalue weighted by molar-refractivity contribution is 7.12. The minimum atomic E-state index is -1.06. The van der Waals surface area contributed by atoms with Crippen molar-refractivity contribution in [2.75, 3.05) is 13.7 Å². The first-order valence-corrected chi connectivity index (χ1v) is 11.5. The van der Waals surface area contributed by atoms with Crippen molar-refractivity contribution in [3.05, 3.63) is 64.4 Å². The minimum absolute atomic E-state index is 0.284. The lowest BCUT2D eigenvalue weighted by Gasteiger charge is -2.21. The predicted molar refractivity (Wildman–Crippen MR) is 125 cm³/mol. The van der Waals surface area contributed by atoms with Crippen LogP contribution in [0.5, 0.6) is 5.75 Å². The van der Waals surface area contributed by atoms with E-state index in [4.69, 9.17) is 4.74 Å². The van der Waals surface area contributed by atoms with Gasteiger partial charge in [-0.2, -0.15) is 0 Å². The van der Waals surface area contributed by atoms with Crippen molar-refractivity contribution < 1.29 is 19.1 Å². The molecule has 1 saturated heterocycles. The van der Waals surface area contributed by atoms with Crippen LogP contribution in [0.1, 0.15) is 40.7 Å². The number of methoxy groups -OCH3 is 1. The van der Waals surface area contributed by atoms with Crippen molar-refractivity contribution in [3.8, 4) is 10.9 Å². The average molecular weight is 467 g/mol. The molecule has 1 atom stereocenters. The van der Waals surface area contributed by atoms with Crippen LogP contribution < -0.4 is 10.1 Å². The van der Waals surface area contributed by atoms with Crippen LogP contribution >= 0.6 is 11.3 Å². The molecule has 3 aromatic rings. The Labute approximate surface area is 196 Å². The van der Waals surface area contributed by atoms with Crippen molar-refractivity contribution in [2.45, 2.75) is 39.2 Å². The van der Waals surface area contributed by atoms with E-state index in [0.717, 1.165) is 32.7 Å². The highest BCUT2D eigenvalue weighted by Gasteiger charge is 2.48. The van der Waals surface area contributed by atoms with Gasteiger partial charge in [0.1, 0.15) is 11.3 Å². The Bertz CT molecular complexity index is 1200. The molecule has 1 unspecified atom stereocenters. The first-order chi connectivity index (χ1) is 15.7. The summed E-state index contributed by atoms with van der Waals surface area (Å²) in [4.78, 5) is 44.2. The Balaban J connectivity index is 1.46. The zero-order valence-corrected chi connectivity index (χ0v) is 19.9. The molecule has 2 aromatic heterocycles. The van der Waals surface area contributed by atoms with Gasteiger partial charge in [0, 0.05) is 28.5 Å². The van der Waals surface area contributed by atoms with E-state index in [-0.39, 0.29) is 18.2 Å². The van der Waals surface area contributed by atoms with Crippen LogP contribution in [0.15, 0.2) is 41.9 Å². The van der Waals surface area contributed by atoms with Gasteiger partial charge in [0.05, 0.1) is 13.7 Å². The van der Waals surface area contributed by atoms with Gasteiger partial charge in [0.15, 0.2) is 10.9 Å². The van der Waals surface area contributed by atoms with E-state index in [1.165, 1.54) is 11.3 Å². The molecule has 1 N–H and O–H groups in total. The third-order valence-corrected chi connectivity index (χ3v) is 6.82. The maximum Gasteiger partial charge on any atom is 0.325 e. The lowest BCUT2D eigenvalue weighted by Crippen LogP contribution is -2.44. The predicted octanol–water partition coefficient (Wildman–Crippen LogP) is 3.69. The number of benzene rings is 1. The molecule has 172 valence electrons. The van der Waals surface area contributed by atoms with Gasteiger partial charge in [0.25, 0.3) is 5.91 Å². The van der Waals surface area contributed by atoms with E-state index in [2.05, 4.69) is 10.3 Å². The monoisotopic (exact) mass is 466 g/mol. The number of imide groups is 1. The minimum Gasteiger partial charge on any atom is -0.497 e. The van der Waals surface area contributed by atoms with Gasteiger partial charge >= 0.3 is 6.03 Å². The number of aromatic nitrogens is 2. The fraction of sp³-hybridized carbons (Fsp3) is 0.333. The van der Waals surface area contributed by atoms with E-state index in [0.29, 0.717) is 18.4 Å². The van der Waals surface area contributed by atoms with Crippen LogP contribution in [-0.2, 0) is 11.2 Å². The second kappa shape index (κ2) is 8.82. The van der Waals surface area contributed by atoms with E-state index in [9.17, 15) is 14.4 Å². The summed E-state index contributed by atoms with van der Waals surface area (Å²) in [7, 11) is 1.61. The molecule has 1 aliphatic heterocycles. The van der Waals surface area contributed by atoms with Crippen LogP contribution in [0.3, 0.4) is 0 Å². The number of carbonyl (C=O) groups excluding carboxylic acids is 3. The van der Waals surface area contributed by atoms with Crippen LogP contribution in [0.25, 0.3) is 5.13 Å². The first kappa shape index (κ1) is 22.7. The zero-order valence-electron chi connectivity index (χ0n) is 19.0. The number of urea groups is 1. The van der Waals surface area contributed by atoms with Crippen LogP contribution in [0.2, 0.25) is 0 Å². The number of Topliss-reactive ketones (excluding diaryl/α,β-unsaturated/α-hetero) is 1. The number of aryl methyl sites for hydroxylation is 2. The van der Waals surface area contributed by atoms with Crippen LogP contribution in [-0.4, -0.2) is 51.4 Å². The van der Waals surface area contributed by atoms with Gasteiger partial charge < -0.3 is 10.1 Å². The molecule has 33 heavy (non-hydrogen) atoms. The number of hydrogen-bond acceptors (Lipinski definition) is 6. The molecular weight excluding hydrogens is 440 g/mol. The fourth-order valence-electron chi connectivity index (χ4n) is 4.14. The molecule has 8 nitrogen and oxygen atoms in total. The summed E-state index contributed by atoms with van der Waals surface area (Å²) in [5.74, 6) is 0.0889. The fourth-order valence-corrected chi connectivity index (χ4v) is 4.89. The number of nitrogens with zero attached hydrogens (tertiary/aromatic N) is 3. The smallest absolute Gasteiger partial charge is 0.325 e. The SMILES string of the molecule is COc1ccc(CCC2(C)NC(=O)N(CC(=O)c3cc(C)n(-c4nccs4)c3C)C2=O)cc1. The summed E-state index contributed by atoms with van der Waals surface area (Å²) < 4.78 is 7.08. The average Bonchev–Trinajstić information content (AvgIpc) is 3.47. The Kier molecular flexibility index (Phi) is 6.07. The largest absolute Gasteiger partial charge is 0.497 e. The standard InChI is InChI=1S/C24H26N4O4S/c1-15-13-19(16(2)28(15)23-25-11-12-33-23)20(29)14-27-21(30)24(3,26-22(27)31)10-9-17-5-7-18(32-4)8-6-17/h5-8,11-13H,9-10,14H2,1-4H3,(H,26,31). The molecule has 1 fully saturated rings. The number of carbonyl (C=O) groups is 3. The summed E-state index contributed by atoms with van der Waals surface area (Å²) >= 11 is 1.47. The summed E-state index contributed by atoms with van der Waals surface area (Å²) in [6, 6.07) is 8.82. The topological polar surface area (TPSA) is 93.5 Å². The lowest BCUT2D eigenvalue weighted by molar-refractivity contribution is -0.130. The van der Waals surface area contributed by atoms with Gasteiger partial charge in [0.2, 0.25) is 0 Å². The van der Waals surface area contributed by atoms with E-state index in [1.54, 1.807) is 26.3 Å². The number of thiazole rings is 1. The Morgan fingerprint density at radius 3 is 2.58 bits per heavy atom. The Morgan fingerprint density at radius 1 is 1.21 bits per heavy atom. The van der Waals surface area contributed by atoms with Crippen molar-refractivity contribution in [3.63, 3.8) is 0 Å². The molecule has 4 rings (SSSR count). The van der Waals surface area contributed by atoms with Crippen molar-refractivity contribution in [1.82, 2.24) is 19.8 Å². The molecule has 9 heteroatoms. The molecule has 3 amide bonds. The molecule has 0 radical (unpaired) electrons. The molecule has 1 aliphatic rings. The summed E-state index contributed by atoms with van der Waals surface area (Å²) in [6.45, 7) is 5.14. The number of rotatable bonds is 8. The quantitative estimate of drug-likeness (QED) is 0.404. The van der Waals surface area contributed by atoms with Crippen molar-refractivity contribution in [2.24, 2.45) is 0 Å². The third-order valence-electron chi connectivity index (χ3n) is 6.06. The molecule has 0 aliphatic carbocycles. The van der Waals surface area contributed by atoms with E-state index >= 15 is 0 Å². The Hall–Kier alpha value is -3.46. The molecule has 1 aromatic carbocycles. The summed E-state index contributed by atoms with van der Waals surface area (Å²) in [5.41, 5.74) is 2.06. The summed E-state index contributed by atoms with van der Waals surface area (Å²) in [5, 5.41) is 5.42. The second-order valence-corrected chi connectivity index (χ2v) is 9.23. The number of amides is 3. The molecule has 0 spiro atoms.